The van der Waals surface area contributed by atoms with E-state index in [1.165, 1.54) is 29.3 Å². The van der Waals surface area contributed by atoms with Crippen LogP contribution in [0.25, 0.3) is 0 Å². The smallest absolute Gasteiger partial charge is 0.128 e. The minimum absolute atomic E-state index is 0.235. The van der Waals surface area contributed by atoms with Crippen molar-refractivity contribution >= 4 is 11.3 Å². The lowest BCUT2D eigenvalue weighted by Crippen LogP contribution is -2.12. The van der Waals surface area contributed by atoms with Crippen molar-refractivity contribution < 1.29 is 8.78 Å². The highest BCUT2D eigenvalue weighted by atomic mass is 32.1. The average Bonchev–Trinajstić information content (AvgIpc) is 2.84. The van der Waals surface area contributed by atoms with E-state index < -0.39 is 17.7 Å². The molecule has 0 radical (unpaired) electrons. The van der Waals surface area contributed by atoms with Crippen molar-refractivity contribution in [1.29, 1.82) is 0 Å². The number of rotatable bonds is 2. The molecule has 1 aromatic heterocycles. The minimum Gasteiger partial charge on any atom is -0.320 e. The number of fused-ring (bicyclic) bond motifs is 1. The quantitative estimate of drug-likeness (QED) is 0.885. The molecular formula is C15H15F2NS. The Morgan fingerprint density at radius 3 is 2.68 bits per heavy atom. The topological polar surface area (TPSA) is 26.0 Å². The van der Waals surface area contributed by atoms with Gasteiger partial charge in [-0.2, -0.15) is 0 Å². The Morgan fingerprint density at radius 2 is 1.89 bits per heavy atom. The molecule has 19 heavy (non-hydrogen) atoms. The minimum atomic E-state index is -0.578. The number of thiophene rings is 1. The summed E-state index contributed by atoms with van der Waals surface area (Å²) in [7, 11) is 0. The van der Waals surface area contributed by atoms with Crippen molar-refractivity contribution in [3.05, 3.63) is 56.8 Å². The highest BCUT2D eigenvalue weighted by Gasteiger charge is 2.20. The van der Waals surface area contributed by atoms with Gasteiger partial charge in [-0.25, -0.2) is 8.78 Å². The third kappa shape index (κ3) is 2.42. The van der Waals surface area contributed by atoms with Crippen LogP contribution in [0, 0.1) is 11.6 Å². The SMILES string of the molecule is NC(c1cc2c(s1)CCCC2)c1cc(F)ccc1F. The molecule has 0 saturated heterocycles. The Kier molecular flexibility index (Phi) is 3.37. The van der Waals surface area contributed by atoms with Gasteiger partial charge in [0.2, 0.25) is 0 Å². The van der Waals surface area contributed by atoms with Crippen LogP contribution >= 0.6 is 11.3 Å². The van der Waals surface area contributed by atoms with Crippen LogP contribution in [0.3, 0.4) is 0 Å². The molecule has 1 atom stereocenters. The largest absolute Gasteiger partial charge is 0.320 e. The van der Waals surface area contributed by atoms with Crippen LogP contribution in [-0.2, 0) is 12.8 Å². The highest BCUT2D eigenvalue weighted by Crippen LogP contribution is 2.35. The van der Waals surface area contributed by atoms with E-state index in [1.54, 1.807) is 11.3 Å². The van der Waals surface area contributed by atoms with Crippen LogP contribution in [-0.4, -0.2) is 0 Å². The Bertz CT molecular complexity index is 583. The Labute approximate surface area is 115 Å². The molecule has 2 aromatic rings. The molecule has 1 aromatic carbocycles. The number of aryl methyl sites for hydroxylation is 2. The molecule has 0 saturated carbocycles. The first-order valence-corrected chi connectivity index (χ1v) is 7.29. The van der Waals surface area contributed by atoms with E-state index in [4.69, 9.17) is 5.73 Å². The van der Waals surface area contributed by atoms with Crippen LogP contribution in [0.1, 0.15) is 39.8 Å². The first kappa shape index (κ1) is 12.8. The van der Waals surface area contributed by atoms with E-state index in [0.717, 1.165) is 29.9 Å². The molecular weight excluding hydrogens is 264 g/mol. The molecule has 100 valence electrons. The molecule has 0 aliphatic heterocycles. The fourth-order valence-electron chi connectivity index (χ4n) is 2.57. The van der Waals surface area contributed by atoms with E-state index in [1.807, 2.05) is 0 Å². The number of nitrogens with two attached hydrogens (primary N) is 1. The Morgan fingerprint density at radius 1 is 1.11 bits per heavy atom. The van der Waals surface area contributed by atoms with Crippen molar-refractivity contribution in [2.45, 2.75) is 31.7 Å². The zero-order valence-electron chi connectivity index (χ0n) is 10.5. The molecule has 0 bridgehead atoms. The lowest BCUT2D eigenvalue weighted by molar-refractivity contribution is 0.577. The number of hydrogen-bond donors (Lipinski definition) is 1. The predicted octanol–water partition coefficient (Wildman–Crippen LogP) is 3.95. The molecule has 1 unspecified atom stereocenters. The van der Waals surface area contributed by atoms with Gasteiger partial charge in [0.1, 0.15) is 11.6 Å². The van der Waals surface area contributed by atoms with E-state index in [0.29, 0.717) is 0 Å². The molecule has 3 rings (SSSR count). The van der Waals surface area contributed by atoms with Gasteiger partial charge in [0.15, 0.2) is 0 Å². The first-order chi connectivity index (χ1) is 9.15. The van der Waals surface area contributed by atoms with Crippen molar-refractivity contribution in [3.8, 4) is 0 Å². The summed E-state index contributed by atoms with van der Waals surface area (Å²) in [6, 6.07) is 4.93. The van der Waals surface area contributed by atoms with Crippen LogP contribution in [0.5, 0.6) is 0 Å². The first-order valence-electron chi connectivity index (χ1n) is 6.47. The number of halogens is 2. The summed E-state index contributed by atoms with van der Waals surface area (Å²) >= 11 is 1.64. The molecule has 1 aliphatic rings. The molecule has 0 amide bonds. The third-order valence-corrected chi connectivity index (χ3v) is 4.94. The fraction of sp³-hybridized carbons (Fsp3) is 0.333. The summed E-state index contributed by atoms with van der Waals surface area (Å²) < 4.78 is 27.0. The van der Waals surface area contributed by atoms with E-state index >= 15 is 0 Å². The Hall–Kier alpha value is -1.26. The molecule has 4 heteroatoms. The molecule has 2 N–H and O–H groups in total. The van der Waals surface area contributed by atoms with Gasteiger partial charge >= 0.3 is 0 Å². The second kappa shape index (κ2) is 5.02. The molecule has 1 nitrogen and oxygen atoms in total. The van der Waals surface area contributed by atoms with E-state index in [2.05, 4.69) is 6.07 Å². The number of hydrogen-bond acceptors (Lipinski definition) is 2. The summed E-state index contributed by atoms with van der Waals surface area (Å²) in [4.78, 5) is 2.28. The second-order valence-corrected chi connectivity index (χ2v) is 6.12. The Balaban J connectivity index is 1.97. The van der Waals surface area contributed by atoms with Gasteiger partial charge in [0.25, 0.3) is 0 Å². The summed E-state index contributed by atoms with van der Waals surface area (Å²) in [5, 5.41) is 0. The summed E-state index contributed by atoms with van der Waals surface area (Å²) in [6.45, 7) is 0. The maximum absolute atomic E-state index is 13.7. The van der Waals surface area contributed by atoms with Gasteiger partial charge in [-0.15, -0.1) is 11.3 Å². The van der Waals surface area contributed by atoms with Gasteiger partial charge in [0, 0.05) is 15.3 Å². The maximum Gasteiger partial charge on any atom is 0.128 e. The van der Waals surface area contributed by atoms with Gasteiger partial charge < -0.3 is 5.73 Å². The van der Waals surface area contributed by atoms with Gasteiger partial charge in [-0.05, 0) is 55.5 Å². The molecule has 0 spiro atoms. The number of benzene rings is 1. The lowest BCUT2D eigenvalue weighted by atomic mass is 9.98. The summed E-state index contributed by atoms with van der Waals surface area (Å²) in [5.41, 5.74) is 7.67. The van der Waals surface area contributed by atoms with Crippen LogP contribution in [0.2, 0.25) is 0 Å². The van der Waals surface area contributed by atoms with Gasteiger partial charge in [-0.1, -0.05) is 0 Å². The molecule has 1 heterocycles. The van der Waals surface area contributed by atoms with E-state index in [9.17, 15) is 8.78 Å². The van der Waals surface area contributed by atoms with Crippen LogP contribution < -0.4 is 5.73 Å². The van der Waals surface area contributed by atoms with Crippen molar-refractivity contribution in [1.82, 2.24) is 0 Å². The van der Waals surface area contributed by atoms with Crippen molar-refractivity contribution in [2.75, 3.05) is 0 Å². The predicted molar refractivity (Wildman–Crippen MR) is 73.3 cm³/mol. The molecule has 0 fully saturated rings. The zero-order chi connectivity index (χ0) is 13.4. The highest BCUT2D eigenvalue weighted by molar-refractivity contribution is 7.12. The van der Waals surface area contributed by atoms with Crippen molar-refractivity contribution in [3.63, 3.8) is 0 Å². The van der Waals surface area contributed by atoms with Crippen LogP contribution in [0.15, 0.2) is 24.3 Å². The van der Waals surface area contributed by atoms with E-state index in [-0.39, 0.29) is 5.56 Å². The average molecular weight is 279 g/mol. The summed E-state index contributed by atoms with van der Waals surface area (Å²) in [5.74, 6) is -0.895. The standard InChI is InChI=1S/C15H15F2NS/c16-10-5-6-12(17)11(8-10)15(18)14-7-9-3-1-2-4-13(9)19-14/h5-8,15H,1-4,18H2. The van der Waals surface area contributed by atoms with Gasteiger partial charge in [-0.3, -0.25) is 0 Å². The van der Waals surface area contributed by atoms with Crippen molar-refractivity contribution in [2.24, 2.45) is 5.73 Å². The summed E-state index contributed by atoms with van der Waals surface area (Å²) in [6.07, 6.45) is 4.56. The monoisotopic (exact) mass is 279 g/mol. The maximum atomic E-state index is 13.7. The van der Waals surface area contributed by atoms with Gasteiger partial charge in [0.05, 0.1) is 6.04 Å². The van der Waals surface area contributed by atoms with Crippen LogP contribution in [0.4, 0.5) is 8.78 Å². The third-order valence-electron chi connectivity index (χ3n) is 3.62. The zero-order valence-corrected chi connectivity index (χ0v) is 11.3. The fourth-order valence-corrected chi connectivity index (χ4v) is 3.85. The lowest BCUT2D eigenvalue weighted by Gasteiger charge is -2.11. The normalized spacial score (nSPS) is 16.2. The second-order valence-electron chi connectivity index (χ2n) is 4.95. The molecule has 1 aliphatic carbocycles.